The maximum atomic E-state index is 12.0. The van der Waals surface area contributed by atoms with Crippen LogP contribution >= 0.6 is 0 Å². The van der Waals surface area contributed by atoms with Gasteiger partial charge in [-0.25, -0.2) is 4.98 Å². The Kier molecular flexibility index (Phi) is 6.13. The van der Waals surface area contributed by atoms with Crippen LogP contribution in [0.25, 0.3) is 11.1 Å². The lowest BCUT2D eigenvalue weighted by Gasteiger charge is -2.29. The van der Waals surface area contributed by atoms with Gasteiger partial charge in [-0.2, -0.15) is 4.98 Å². The van der Waals surface area contributed by atoms with Crippen molar-refractivity contribution in [1.29, 1.82) is 0 Å². The maximum Gasteiger partial charge on any atom is 0.254 e. The van der Waals surface area contributed by atoms with Gasteiger partial charge in [0.15, 0.2) is 0 Å². The Balaban J connectivity index is 1.61. The molecular formula is C24H28N6O. The lowest BCUT2D eigenvalue weighted by Crippen LogP contribution is -2.43. The first-order chi connectivity index (χ1) is 15.0. The summed E-state index contributed by atoms with van der Waals surface area (Å²) >= 11 is 0. The monoisotopic (exact) mass is 416 g/mol. The Morgan fingerprint density at radius 3 is 2.55 bits per heavy atom. The zero-order valence-electron chi connectivity index (χ0n) is 17.6. The van der Waals surface area contributed by atoms with E-state index in [9.17, 15) is 4.79 Å². The highest BCUT2D eigenvalue weighted by Gasteiger charge is 2.23. The van der Waals surface area contributed by atoms with Crippen molar-refractivity contribution in [2.24, 2.45) is 11.5 Å². The first-order valence-electron chi connectivity index (χ1n) is 10.6. The van der Waals surface area contributed by atoms with Gasteiger partial charge >= 0.3 is 0 Å². The summed E-state index contributed by atoms with van der Waals surface area (Å²) in [5.74, 6) is 0.221. The lowest BCUT2D eigenvalue weighted by atomic mass is 9.91. The van der Waals surface area contributed by atoms with Crippen LogP contribution in [0, 0.1) is 6.92 Å². The summed E-state index contributed by atoms with van der Waals surface area (Å²) in [6.45, 7) is 2.07. The third-order valence-electron chi connectivity index (χ3n) is 5.66. The van der Waals surface area contributed by atoms with E-state index in [1.54, 1.807) is 0 Å². The number of nitrogens with zero attached hydrogens (tertiary/aromatic N) is 2. The number of aromatic nitrogens is 2. The summed E-state index contributed by atoms with van der Waals surface area (Å²) in [6, 6.07) is 16.4. The van der Waals surface area contributed by atoms with Crippen LogP contribution in [0.3, 0.4) is 0 Å². The van der Waals surface area contributed by atoms with Gasteiger partial charge in [0.1, 0.15) is 11.4 Å². The van der Waals surface area contributed by atoms with E-state index in [0.29, 0.717) is 11.8 Å². The molecule has 0 spiro atoms. The summed E-state index contributed by atoms with van der Waals surface area (Å²) in [7, 11) is 0. The second-order valence-corrected chi connectivity index (χ2v) is 8.09. The third-order valence-corrected chi connectivity index (χ3v) is 5.66. The van der Waals surface area contributed by atoms with Gasteiger partial charge in [0.05, 0.1) is 0 Å². The first kappa shape index (κ1) is 20.8. The second-order valence-electron chi connectivity index (χ2n) is 8.09. The summed E-state index contributed by atoms with van der Waals surface area (Å²) in [6.07, 6.45) is 5.68. The van der Waals surface area contributed by atoms with Gasteiger partial charge < -0.3 is 22.1 Å². The molecule has 0 radical (unpaired) electrons. The van der Waals surface area contributed by atoms with E-state index in [4.69, 9.17) is 11.5 Å². The molecule has 7 heteroatoms. The highest BCUT2D eigenvalue weighted by atomic mass is 16.1. The SMILES string of the molecule is Cc1cccc(-c2cccc(Nc3nc(NC4CCCCC4N)ncc3C(N)=O)c2)c1. The average molecular weight is 417 g/mol. The van der Waals surface area contributed by atoms with Crippen molar-refractivity contribution >= 4 is 23.4 Å². The molecule has 2 aromatic carbocycles. The molecule has 3 aromatic rings. The van der Waals surface area contributed by atoms with Crippen LogP contribution in [0.15, 0.2) is 54.7 Å². The van der Waals surface area contributed by atoms with Crippen LogP contribution in [0.2, 0.25) is 0 Å². The number of nitrogens with one attached hydrogen (secondary N) is 2. The number of hydrogen-bond donors (Lipinski definition) is 4. The molecule has 1 fully saturated rings. The van der Waals surface area contributed by atoms with Gasteiger partial charge in [-0.3, -0.25) is 4.79 Å². The summed E-state index contributed by atoms with van der Waals surface area (Å²) in [5, 5.41) is 6.57. The largest absolute Gasteiger partial charge is 0.365 e. The minimum Gasteiger partial charge on any atom is -0.365 e. The van der Waals surface area contributed by atoms with E-state index in [2.05, 4.69) is 45.7 Å². The van der Waals surface area contributed by atoms with Gasteiger partial charge in [-0.1, -0.05) is 54.8 Å². The molecule has 2 unspecified atom stereocenters. The number of carbonyl (C=O) groups is 1. The average Bonchev–Trinajstić information content (AvgIpc) is 2.75. The van der Waals surface area contributed by atoms with Crippen molar-refractivity contribution < 1.29 is 4.79 Å². The van der Waals surface area contributed by atoms with Gasteiger partial charge in [0.25, 0.3) is 5.91 Å². The molecule has 7 nitrogen and oxygen atoms in total. The van der Waals surface area contributed by atoms with Crippen LogP contribution in [-0.4, -0.2) is 28.0 Å². The summed E-state index contributed by atoms with van der Waals surface area (Å²) in [4.78, 5) is 20.8. The van der Waals surface area contributed by atoms with Crippen LogP contribution in [0.5, 0.6) is 0 Å². The number of anilines is 3. The molecule has 31 heavy (non-hydrogen) atoms. The molecule has 0 aliphatic heterocycles. The van der Waals surface area contributed by atoms with E-state index in [-0.39, 0.29) is 17.6 Å². The fourth-order valence-corrected chi connectivity index (χ4v) is 3.97. The summed E-state index contributed by atoms with van der Waals surface area (Å²) < 4.78 is 0. The molecule has 1 aromatic heterocycles. The van der Waals surface area contributed by atoms with Crippen LogP contribution in [0.4, 0.5) is 17.5 Å². The molecule has 1 heterocycles. The number of primary amides is 1. The zero-order valence-corrected chi connectivity index (χ0v) is 17.6. The van der Waals surface area contributed by atoms with E-state index in [0.717, 1.165) is 42.5 Å². The molecule has 2 atom stereocenters. The van der Waals surface area contributed by atoms with Crippen molar-refractivity contribution in [1.82, 2.24) is 9.97 Å². The van der Waals surface area contributed by atoms with Gasteiger partial charge in [-0.05, 0) is 43.0 Å². The number of carbonyl (C=O) groups excluding carboxylic acids is 1. The Bertz CT molecular complexity index is 1080. The molecule has 4 rings (SSSR count). The normalized spacial score (nSPS) is 18.4. The highest BCUT2D eigenvalue weighted by Crippen LogP contribution is 2.27. The molecular weight excluding hydrogens is 388 g/mol. The minimum atomic E-state index is -0.585. The maximum absolute atomic E-state index is 12.0. The lowest BCUT2D eigenvalue weighted by molar-refractivity contribution is 0.100. The molecule has 0 saturated heterocycles. The topological polar surface area (TPSA) is 119 Å². The van der Waals surface area contributed by atoms with Crippen LogP contribution in [0.1, 0.15) is 41.6 Å². The van der Waals surface area contributed by atoms with Crippen LogP contribution < -0.4 is 22.1 Å². The number of aryl methyl sites for hydroxylation is 1. The molecule has 1 aliphatic rings. The fourth-order valence-electron chi connectivity index (χ4n) is 3.97. The smallest absolute Gasteiger partial charge is 0.254 e. The number of hydrogen-bond acceptors (Lipinski definition) is 6. The fraction of sp³-hybridized carbons (Fsp3) is 0.292. The van der Waals surface area contributed by atoms with Crippen molar-refractivity contribution in [3.8, 4) is 11.1 Å². The second kappa shape index (κ2) is 9.14. The highest BCUT2D eigenvalue weighted by molar-refractivity contribution is 5.98. The number of rotatable bonds is 6. The third kappa shape index (κ3) is 5.00. The number of benzene rings is 2. The number of amides is 1. The zero-order chi connectivity index (χ0) is 21.8. The van der Waals surface area contributed by atoms with E-state index in [1.165, 1.54) is 11.8 Å². The Hall–Kier alpha value is -3.45. The van der Waals surface area contributed by atoms with E-state index < -0.39 is 5.91 Å². The van der Waals surface area contributed by atoms with E-state index >= 15 is 0 Å². The quantitative estimate of drug-likeness (QED) is 0.483. The standard InChI is InChI=1S/C24H28N6O/c1-15-6-4-7-16(12-15)17-8-5-9-18(13-17)28-23-19(22(26)31)14-27-24(30-23)29-21-11-3-2-10-20(21)25/h4-9,12-14,20-21H,2-3,10-11,25H2,1H3,(H2,26,31)(H2,27,28,29,30). The van der Waals surface area contributed by atoms with Gasteiger partial charge in [-0.15, -0.1) is 0 Å². The van der Waals surface area contributed by atoms with Gasteiger partial charge in [0.2, 0.25) is 5.95 Å². The Morgan fingerprint density at radius 2 is 1.81 bits per heavy atom. The minimum absolute atomic E-state index is 0.0654. The molecule has 1 amide bonds. The number of nitrogens with two attached hydrogens (primary N) is 2. The van der Waals surface area contributed by atoms with Crippen LogP contribution in [-0.2, 0) is 0 Å². The van der Waals surface area contributed by atoms with E-state index in [1.807, 2.05) is 30.3 Å². The first-order valence-corrected chi connectivity index (χ1v) is 10.6. The Labute approximate surface area is 182 Å². The van der Waals surface area contributed by atoms with Crippen molar-refractivity contribution in [3.63, 3.8) is 0 Å². The molecule has 1 saturated carbocycles. The van der Waals surface area contributed by atoms with Crippen molar-refractivity contribution in [3.05, 3.63) is 65.9 Å². The molecule has 6 N–H and O–H groups in total. The van der Waals surface area contributed by atoms with Gasteiger partial charge in [0, 0.05) is 24.0 Å². The Morgan fingerprint density at radius 1 is 1.06 bits per heavy atom. The van der Waals surface area contributed by atoms with Crippen molar-refractivity contribution in [2.75, 3.05) is 10.6 Å². The molecule has 1 aliphatic carbocycles. The summed E-state index contributed by atoms with van der Waals surface area (Å²) in [5.41, 5.74) is 16.2. The predicted molar refractivity (Wildman–Crippen MR) is 124 cm³/mol. The molecule has 0 bridgehead atoms. The molecule has 160 valence electrons. The predicted octanol–water partition coefficient (Wildman–Crippen LogP) is 3.98. The van der Waals surface area contributed by atoms with Crippen molar-refractivity contribution in [2.45, 2.75) is 44.7 Å².